The fourth-order valence-corrected chi connectivity index (χ4v) is 3.58. The van der Waals surface area contributed by atoms with Crippen LogP contribution in [0.15, 0.2) is 12.4 Å². The van der Waals surface area contributed by atoms with E-state index in [0.717, 1.165) is 34.6 Å². The molecule has 1 atom stereocenters. The van der Waals surface area contributed by atoms with Crippen LogP contribution in [-0.4, -0.2) is 39.4 Å². The molecule has 0 aromatic carbocycles. The van der Waals surface area contributed by atoms with E-state index in [1.807, 2.05) is 6.20 Å². The van der Waals surface area contributed by atoms with Gasteiger partial charge in [-0.2, -0.15) is 0 Å². The molecule has 0 radical (unpaired) electrons. The number of aromatic nitrogens is 3. The third kappa shape index (κ3) is 1.94. The molecule has 0 N–H and O–H groups in total. The Morgan fingerprint density at radius 2 is 2.35 bits per heavy atom. The van der Waals surface area contributed by atoms with Crippen LogP contribution in [0.4, 0.5) is 0 Å². The second-order valence-corrected chi connectivity index (χ2v) is 5.83. The molecule has 1 saturated heterocycles. The third-order valence-electron chi connectivity index (χ3n) is 3.25. The first-order valence-corrected chi connectivity index (χ1v) is 6.99. The largest absolute Gasteiger partial charge is 0.306 e. The van der Waals surface area contributed by atoms with Gasteiger partial charge in [0, 0.05) is 24.9 Å². The minimum atomic E-state index is 0.495. The zero-order valence-electron chi connectivity index (χ0n) is 9.40. The Bertz CT molecular complexity index is 568. The Hall–Kier alpha value is -0.400. The predicted molar refractivity (Wildman–Crippen MR) is 75.6 cm³/mol. The molecule has 3 rings (SSSR count). The Balaban J connectivity index is 2.14. The van der Waals surface area contributed by atoms with Crippen molar-refractivity contribution in [2.24, 2.45) is 0 Å². The molecule has 0 bridgehead atoms. The number of fused-ring (bicyclic) bond motifs is 1. The second kappa shape index (κ2) is 4.37. The van der Waals surface area contributed by atoms with E-state index >= 15 is 0 Å². The smallest absolute Gasteiger partial charge is 0.155 e. The maximum Gasteiger partial charge on any atom is 0.155 e. The average Bonchev–Trinajstić information content (AvgIpc) is 2.84. The van der Waals surface area contributed by atoms with E-state index in [9.17, 15) is 0 Å². The molecule has 1 fully saturated rings. The summed E-state index contributed by atoms with van der Waals surface area (Å²) in [5, 5.41) is 0.530. The zero-order valence-corrected chi connectivity index (χ0v) is 12.3. The Morgan fingerprint density at radius 1 is 1.53 bits per heavy atom. The minimum absolute atomic E-state index is 0.495. The average molecular weight is 363 g/mol. The Labute approximate surface area is 118 Å². The summed E-state index contributed by atoms with van der Waals surface area (Å²) in [7, 11) is 2.15. The summed E-state index contributed by atoms with van der Waals surface area (Å²) >= 11 is 8.35. The molecular formula is C11H12ClIN4. The molecule has 1 aliphatic rings. The fourth-order valence-electron chi connectivity index (χ4n) is 2.42. The first-order chi connectivity index (χ1) is 8.16. The van der Waals surface area contributed by atoms with E-state index in [0.29, 0.717) is 11.1 Å². The maximum atomic E-state index is 6.12. The van der Waals surface area contributed by atoms with Gasteiger partial charge in [0.1, 0.15) is 15.0 Å². The first-order valence-electron chi connectivity index (χ1n) is 5.53. The summed E-state index contributed by atoms with van der Waals surface area (Å²) in [6, 6.07) is 0. The van der Waals surface area contributed by atoms with Crippen molar-refractivity contribution in [1.29, 1.82) is 0 Å². The lowest BCUT2D eigenvalue weighted by molar-refractivity contribution is 0.409. The normalized spacial score (nSPS) is 21.5. The molecule has 0 amide bonds. The maximum absolute atomic E-state index is 6.12. The highest BCUT2D eigenvalue weighted by atomic mass is 127. The summed E-state index contributed by atoms with van der Waals surface area (Å²) in [6.45, 7) is 2.20. The van der Waals surface area contributed by atoms with Gasteiger partial charge in [0.15, 0.2) is 5.15 Å². The number of rotatable bonds is 1. The highest BCUT2D eigenvalue weighted by Crippen LogP contribution is 2.29. The predicted octanol–water partition coefficient (Wildman–Crippen LogP) is 2.41. The summed E-state index contributed by atoms with van der Waals surface area (Å²) in [5.74, 6) is 1.60. The summed E-state index contributed by atoms with van der Waals surface area (Å²) in [6.07, 6.45) is 4.84. The van der Waals surface area contributed by atoms with E-state index in [2.05, 4.69) is 48.9 Å². The molecule has 0 spiro atoms. The first kappa shape index (κ1) is 11.7. The van der Waals surface area contributed by atoms with Crippen LogP contribution in [0.2, 0.25) is 5.15 Å². The van der Waals surface area contributed by atoms with E-state index in [1.54, 1.807) is 6.20 Å². The summed E-state index contributed by atoms with van der Waals surface area (Å²) in [4.78, 5) is 11.1. The van der Waals surface area contributed by atoms with E-state index < -0.39 is 0 Å². The van der Waals surface area contributed by atoms with Gasteiger partial charge >= 0.3 is 0 Å². The van der Waals surface area contributed by atoms with Gasteiger partial charge in [-0.15, -0.1) is 0 Å². The van der Waals surface area contributed by atoms with Crippen molar-refractivity contribution in [2.75, 3.05) is 20.1 Å². The lowest BCUT2D eigenvalue weighted by atomic mass is 10.1. The molecule has 17 heavy (non-hydrogen) atoms. The van der Waals surface area contributed by atoms with Gasteiger partial charge in [-0.1, -0.05) is 11.6 Å². The number of nitrogens with zero attached hydrogens (tertiary/aromatic N) is 4. The highest BCUT2D eigenvalue weighted by Gasteiger charge is 2.26. The Morgan fingerprint density at radius 3 is 3.06 bits per heavy atom. The topological polar surface area (TPSA) is 33.4 Å². The van der Waals surface area contributed by atoms with Crippen LogP contribution in [-0.2, 0) is 0 Å². The monoisotopic (exact) mass is 362 g/mol. The van der Waals surface area contributed by atoms with Crippen molar-refractivity contribution in [3.63, 3.8) is 0 Å². The standard InChI is InChI=1S/C11H12ClIN4/c1-16-4-2-7(6-16)11-15-10(13)8-9(12)14-3-5-17(8)11/h3,5,7H,2,4,6H2,1H3/t7-/m0/s1. The number of halogens is 2. The molecule has 1 aliphatic heterocycles. The summed E-state index contributed by atoms with van der Waals surface area (Å²) in [5.41, 5.74) is 0.930. The van der Waals surface area contributed by atoms with Gasteiger partial charge in [0.2, 0.25) is 0 Å². The van der Waals surface area contributed by atoms with Crippen LogP contribution in [0.5, 0.6) is 0 Å². The van der Waals surface area contributed by atoms with E-state index in [4.69, 9.17) is 11.6 Å². The number of imidazole rings is 1. The SMILES string of the molecule is CN1CC[C@H](c2nc(I)c3c(Cl)nccn23)C1. The number of hydrogen-bond acceptors (Lipinski definition) is 3. The lowest BCUT2D eigenvalue weighted by Crippen LogP contribution is -2.14. The molecule has 90 valence electrons. The fraction of sp³-hybridized carbons (Fsp3) is 0.455. The van der Waals surface area contributed by atoms with Crippen molar-refractivity contribution in [1.82, 2.24) is 19.3 Å². The van der Waals surface area contributed by atoms with Gasteiger partial charge in [-0.25, -0.2) is 9.97 Å². The molecule has 2 aromatic rings. The molecule has 2 aromatic heterocycles. The minimum Gasteiger partial charge on any atom is -0.306 e. The zero-order chi connectivity index (χ0) is 12.0. The third-order valence-corrected chi connectivity index (χ3v) is 4.28. The van der Waals surface area contributed by atoms with Gasteiger partial charge in [-0.3, -0.25) is 4.40 Å². The number of likely N-dealkylation sites (tertiary alicyclic amines) is 1. The molecular weight excluding hydrogens is 351 g/mol. The van der Waals surface area contributed by atoms with Gasteiger partial charge in [0.25, 0.3) is 0 Å². The number of likely N-dealkylation sites (N-methyl/N-ethyl adjacent to an activating group) is 1. The molecule has 0 saturated carbocycles. The molecule has 4 nitrogen and oxygen atoms in total. The molecule has 6 heteroatoms. The molecule has 0 aliphatic carbocycles. The van der Waals surface area contributed by atoms with Crippen LogP contribution in [0.3, 0.4) is 0 Å². The quantitative estimate of drug-likeness (QED) is 0.731. The second-order valence-electron chi connectivity index (χ2n) is 4.45. The van der Waals surface area contributed by atoms with Crippen molar-refractivity contribution in [3.05, 3.63) is 27.1 Å². The lowest BCUT2D eigenvalue weighted by Gasteiger charge is -2.09. The van der Waals surface area contributed by atoms with Crippen LogP contribution >= 0.6 is 34.2 Å². The van der Waals surface area contributed by atoms with Crippen LogP contribution in [0.1, 0.15) is 18.2 Å². The number of hydrogen-bond donors (Lipinski definition) is 0. The van der Waals surface area contributed by atoms with Gasteiger partial charge in [-0.05, 0) is 42.6 Å². The van der Waals surface area contributed by atoms with E-state index in [1.165, 1.54) is 0 Å². The van der Waals surface area contributed by atoms with Crippen LogP contribution < -0.4 is 0 Å². The van der Waals surface area contributed by atoms with Crippen LogP contribution in [0.25, 0.3) is 5.52 Å². The van der Waals surface area contributed by atoms with Gasteiger partial charge < -0.3 is 4.90 Å². The van der Waals surface area contributed by atoms with Crippen molar-refractivity contribution < 1.29 is 0 Å². The Kier molecular flexibility index (Phi) is 3.00. The van der Waals surface area contributed by atoms with Crippen molar-refractivity contribution >= 4 is 39.7 Å². The van der Waals surface area contributed by atoms with Crippen LogP contribution in [0, 0.1) is 3.70 Å². The molecule has 3 heterocycles. The van der Waals surface area contributed by atoms with Gasteiger partial charge in [0.05, 0.1) is 0 Å². The van der Waals surface area contributed by atoms with E-state index in [-0.39, 0.29) is 0 Å². The molecule has 0 unspecified atom stereocenters. The van der Waals surface area contributed by atoms with Crippen molar-refractivity contribution in [2.45, 2.75) is 12.3 Å². The van der Waals surface area contributed by atoms with Crippen molar-refractivity contribution in [3.8, 4) is 0 Å². The summed E-state index contributed by atoms with van der Waals surface area (Å²) < 4.78 is 3.02. The highest BCUT2D eigenvalue weighted by molar-refractivity contribution is 14.1.